The zero-order chi connectivity index (χ0) is 13.5. The van der Waals surface area contributed by atoms with E-state index < -0.39 is 0 Å². The number of ether oxygens (including phenoxy) is 1. The van der Waals surface area contributed by atoms with Gasteiger partial charge in [0, 0.05) is 31.8 Å². The zero-order valence-corrected chi connectivity index (χ0v) is 11.1. The monoisotopic (exact) mass is 258 g/mol. The average Bonchev–Trinajstić information content (AvgIpc) is 2.83. The van der Waals surface area contributed by atoms with E-state index in [1.165, 1.54) is 0 Å². The van der Waals surface area contributed by atoms with Gasteiger partial charge in [0.2, 0.25) is 0 Å². The minimum atomic E-state index is 0.220. The van der Waals surface area contributed by atoms with Crippen LogP contribution in [0.1, 0.15) is 18.5 Å². The number of hydrogen-bond acceptors (Lipinski definition) is 3. The van der Waals surface area contributed by atoms with Crippen LogP contribution in [0.25, 0.3) is 0 Å². The fraction of sp³-hybridized carbons (Fsp3) is 0.333. The first kappa shape index (κ1) is 13.3. The molecule has 0 N–H and O–H groups in total. The van der Waals surface area contributed by atoms with E-state index in [2.05, 4.69) is 5.10 Å². The molecule has 0 spiro atoms. The van der Waals surface area contributed by atoms with Crippen LogP contribution < -0.4 is 4.74 Å². The number of hydrogen-bond donors (Lipinski definition) is 0. The maximum atomic E-state index is 11.7. The Morgan fingerprint density at radius 2 is 2.00 bits per heavy atom. The van der Waals surface area contributed by atoms with Crippen LogP contribution in [-0.4, -0.2) is 22.2 Å². The molecule has 0 aliphatic carbocycles. The van der Waals surface area contributed by atoms with E-state index in [4.69, 9.17) is 4.74 Å². The molecule has 0 fully saturated rings. The molecule has 0 amide bonds. The lowest BCUT2D eigenvalue weighted by Gasteiger charge is -2.05. The van der Waals surface area contributed by atoms with Crippen molar-refractivity contribution < 1.29 is 9.53 Å². The molecule has 0 aliphatic rings. The Morgan fingerprint density at radius 3 is 2.68 bits per heavy atom. The molecule has 0 atom stereocenters. The van der Waals surface area contributed by atoms with E-state index in [1.54, 1.807) is 10.9 Å². The Labute approximate surface area is 113 Å². The number of aromatic nitrogens is 2. The Hall–Kier alpha value is -2.10. The molecule has 0 aliphatic heterocycles. The molecule has 1 aromatic heterocycles. The normalized spacial score (nSPS) is 10.4. The topological polar surface area (TPSA) is 44.1 Å². The van der Waals surface area contributed by atoms with Crippen molar-refractivity contribution in [1.29, 1.82) is 0 Å². The summed E-state index contributed by atoms with van der Waals surface area (Å²) < 4.78 is 7.30. The van der Waals surface area contributed by atoms with Crippen LogP contribution in [0.15, 0.2) is 42.6 Å². The van der Waals surface area contributed by atoms with Gasteiger partial charge in [-0.1, -0.05) is 18.2 Å². The lowest BCUT2D eigenvalue weighted by Crippen LogP contribution is -2.08. The predicted molar refractivity (Wildman–Crippen MR) is 73.1 cm³/mol. The van der Waals surface area contributed by atoms with Crippen LogP contribution >= 0.6 is 0 Å². The maximum Gasteiger partial charge on any atom is 0.136 e. The number of nitrogens with zero attached hydrogens (tertiary/aromatic N) is 2. The summed E-state index contributed by atoms with van der Waals surface area (Å²) in [6.07, 6.45) is 3.48. The van der Waals surface area contributed by atoms with Crippen molar-refractivity contribution in [1.82, 2.24) is 9.78 Å². The van der Waals surface area contributed by atoms with Gasteiger partial charge >= 0.3 is 0 Å². The molecule has 0 saturated heterocycles. The standard InChI is InChI=1S/C15H18N2O2/c1-17-13(9-11-16-17)7-8-14(18)10-12-19-15-5-3-2-4-6-15/h2-6,9,11H,7-8,10,12H2,1H3. The van der Waals surface area contributed by atoms with Crippen molar-refractivity contribution in [2.75, 3.05) is 6.61 Å². The third-order valence-electron chi connectivity index (χ3n) is 2.98. The molecular weight excluding hydrogens is 240 g/mol. The van der Waals surface area contributed by atoms with E-state index in [9.17, 15) is 4.79 Å². The lowest BCUT2D eigenvalue weighted by atomic mass is 10.1. The number of rotatable bonds is 7. The summed E-state index contributed by atoms with van der Waals surface area (Å²) in [5, 5.41) is 4.08. The number of para-hydroxylation sites is 1. The van der Waals surface area contributed by atoms with E-state index in [0.717, 1.165) is 17.9 Å². The van der Waals surface area contributed by atoms with Crippen molar-refractivity contribution in [2.24, 2.45) is 7.05 Å². The average molecular weight is 258 g/mol. The van der Waals surface area contributed by atoms with Crippen molar-refractivity contribution >= 4 is 5.78 Å². The molecule has 0 unspecified atom stereocenters. The highest BCUT2D eigenvalue weighted by Crippen LogP contribution is 2.09. The largest absolute Gasteiger partial charge is 0.493 e. The summed E-state index contributed by atoms with van der Waals surface area (Å²) in [7, 11) is 1.89. The molecule has 4 heteroatoms. The molecule has 0 bridgehead atoms. The third-order valence-corrected chi connectivity index (χ3v) is 2.98. The molecule has 1 aromatic carbocycles. The maximum absolute atomic E-state index is 11.7. The number of benzene rings is 1. The van der Waals surface area contributed by atoms with Crippen LogP contribution in [-0.2, 0) is 18.3 Å². The number of carbonyl (C=O) groups excluding carboxylic acids is 1. The first-order valence-corrected chi connectivity index (χ1v) is 6.42. The number of aryl methyl sites for hydroxylation is 2. The van der Waals surface area contributed by atoms with Gasteiger partial charge in [-0.3, -0.25) is 9.48 Å². The third kappa shape index (κ3) is 4.25. The second-order valence-corrected chi connectivity index (χ2v) is 4.40. The second-order valence-electron chi connectivity index (χ2n) is 4.40. The summed E-state index contributed by atoms with van der Waals surface area (Å²) in [4.78, 5) is 11.7. The van der Waals surface area contributed by atoms with Crippen LogP contribution in [0.5, 0.6) is 5.75 Å². The van der Waals surface area contributed by atoms with Gasteiger partial charge in [0.25, 0.3) is 0 Å². The van der Waals surface area contributed by atoms with Crippen molar-refractivity contribution in [2.45, 2.75) is 19.3 Å². The minimum absolute atomic E-state index is 0.220. The SMILES string of the molecule is Cn1nccc1CCC(=O)CCOc1ccccc1. The van der Waals surface area contributed by atoms with Crippen molar-refractivity contribution in [3.05, 3.63) is 48.3 Å². The van der Waals surface area contributed by atoms with E-state index in [0.29, 0.717) is 19.4 Å². The van der Waals surface area contributed by atoms with Crippen LogP contribution in [0.3, 0.4) is 0 Å². The van der Waals surface area contributed by atoms with Gasteiger partial charge < -0.3 is 4.74 Å². The summed E-state index contributed by atoms with van der Waals surface area (Å²) in [6, 6.07) is 11.5. The van der Waals surface area contributed by atoms with Gasteiger partial charge in [0.15, 0.2) is 0 Å². The molecular formula is C15H18N2O2. The van der Waals surface area contributed by atoms with Crippen molar-refractivity contribution in [3.63, 3.8) is 0 Å². The first-order chi connectivity index (χ1) is 9.25. The number of Topliss-reactive ketones (excluding diaryl/α,β-unsaturated/α-hetero) is 1. The molecule has 100 valence electrons. The number of ketones is 1. The van der Waals surface area contributed by atoms with E-state index in [-0.39, 0.29) is 5.78 Å². The van der Waals surface area contributed by atoms with Gasteiger partial charge in [-0.25, -0.2) is 0 Å². The molecule has 2 rings (SSSR count). The van der Waals surface area contributed by atoms with E-state index in [1.807, 2.05) is 43.4 Å². The quantitative estimate of drug-likeness (QED) is 0.766. The van der Waals surface area contributed by atoms with Crippen molar-refractivity contribution in [3.8, 4) is 5.75 Å². The second kappa shape index (κ2) is 6.73. The van der Waals surface area contributed by atoms with Gasteiger partial charge in [0.1, 0.15) is 11.5 Å². The minimum Gasteiger partial charge on any atom is -0.493 e. The predicted octanol–water partition coefficient (Wildman–Crippen LogP) is 2.39. The Bertz CT molecular complexity index is 520. The fourth-order valence-corrected chi connectivity index (χ4v) is 1.84. The lowest BCUT2D eigenvalue weighted by molar-refractivity contribution is -0.119. The molecule has 2 aromatic rings. The van der Waals surface area contributed by atoms with Crippen LogP contribution in [0.2, 0.25) is 0 Å². The molecule has 0 saturated carbocycles. The summed E-state index contributed by atoms with van der Waals surface area (Å²) in [5.41, 5.74) is 1.08. The molecule has 1 heterocycles. The summed E-state index contributed by atoms with van der Waals surface area (Å²) in [5.74, 6) is 1.03. The number of carbonyl (C=O) groups is 1. The Kier molecular flexibility index (Phi) is 4.72. The van der Waals surface area contributed by atoms with E-state index >= 15 is 0 Å². The molecule has 4 nitrogen and oxygen atoms in total. The van der Waals surface area contributed by atoms with Crippen LogP contribution in [0, 0.1) is 0 Å². The zero-order valence-electron chi connectivity index (χ0n) is 11.1. The van der Waals surface area contributed by atoms with Gasteiger partial charge in [-0.2, -0.15) is 5.10 Å². The first-order valence-electron chi connectivity index (χ1n) is 6.42. The smallest absolute Gasteiger partial charge is 0.136 e. The van der Waals surface area contributed by atoms with Gasteiger partial charge in [0.05, 0.1) is 6.61 Å². The summed E-state index contributed by atoms with van der Waals surface area (Å²) >= 11 is 0. The highest BCUT2D eigenvalue weighted by Gasteiger charge is 2.05. The molecule has 0 radical (unpaired) electrons. The Morgan fingerprint density at radius 1 is 1.21 bits per heavy atom. The highest BCUT2D eigenvalue weighted by atomic mass is 16.5. The fourth-order valence-electron chi connectivity index (χ4n) is 1.84. The highest BCUT2D eigenvalue weighted by molar-refractivity contribution is 5.78. The Balaban J connectivity index is 1.66. The summed E-state index contributed by atoms with van der Waals surface area (Å²) in [6.45, 7) is 0.439. The molecule has 19 heavy (non-hydrogen) atoms. The van der Waals surface area contributed by atoms with Crippen LogP contribution in [0.4, 0.5) is 0 Å². The van der Waals surface area contributed by atoms with Gasteiger partial charge in [-0.05, 0) is 24.6 Å². The van der Waals surface area contributed by atoms with Gasteiger partial charge in [-0.15, -0.1) is 0 Å².